The van der Waals surface area contributed by atoms with Crippen LogP contribution < -0.4 is 0 Å². The molecule has 0 saturated heterocycles. The maximum absolute atomic E-state index is 12.1. The van der Waals surface area contributed by atoms with Crippen molar-refractivity contribution >= 4 is 5.97 Å². The topological polar surface area (TPSA) is 26.3 Å². The van der Waals surface area contributed by atoms with Crippen molar-refractivity contribution in [1.82, 2.24) is 0 Å². The highest BCUT2D eigenvalue weighted by atomic mass is 19.1. The number of ether oxygens (including phenoxy) is 1. The molecule has 0 aliphatic rings. The number of unbranched alkanes of at least 4 members (excludes halogenated alkanes) is 3. The molecular formula is C14H25FO2. The van der Waals surface area contributed by atoms with E-state index in [0.717, 1.165) is 19.3 Å². The largest absolute Gasteiger partial charge is 0.459 e. The number of carbonyl (C=O) groups is 1. The van der Waals surface area contributed by atoms with Crippen LogP contribution in [-0.2, 0) is 9.53 Å². The smallest absolute Gasteiger partial charge is 0.333 e. The van der Waals surface area contributed by atoms with E-state index in [2.05, 4.69) is 13.5 Å². The van der Waals surface area contributed by atoms with Gasteiger partial charge < -0.3 is 4.74 Å². The molecule has 3 heteroatoms. The third-order valence-corrected chi connectivity index (χ3v) is 2.66. The molecule has 0 N–H and O–H groups in total. The lowest BCUT2D eigenvalue weighted by Gasteiger charge is -2.17. The number of hydrogen-bond donors (Lipinski definition) is 0. The SMILES string of the molecule is C=C(C)C(=O)OC(CCCF)CCCCCC. The molecule has 0 aromatic heterocycles. The van der Waals surface area contributed by atoms with Crippen LogP contribution in [0.15, 0.2) is 12.2 Å². The number of carbonyl (C=O) groups excluding carboxylic acids is 1. The number of halogens is 1. The minimum Gasteiger partial charge on any atom is -0.459 e. The molecule has 0 amide bonds. The summed E-state index contributed by atoms with van der Waals surface area (Å²) in [5, 5.41) is 0. The van der Waals surface area contributed by atoms with Crippen molar-refractivity contribution in [3.05, 3.63) is 12.2 Å². The van der Waals surface area contributed by atoms with E-state index in [-0.39, 0.29) is 18.7 Å². The van der Waals surface area contributed by atoms with E-state index < -0.39 is 0 Å². The Bertz CT molecular complexity index is 226. The van der Waals surface area contributed by atoms with Gasteiger partial charge in [-0.05, 0) is 32.6 Å². The van der Waals surface area contributed by atoms with E-state index in [4.69, 9.17) is 4.74 Å². The minimum atomic E-state index is -0.357. The Labute approximate surface area is 104 Å². The van der Waals surface area contributed by atoms with Crippen LogP contribution in [0.4, 0.5) is 4.39 Å². The van der Waals surface area contributed by atoms with Crippen molar-refractivity contribution in [3.63, 3.8) is 0 Å². The molecule has 0 spiro atoms. The van der Waals surface area contributed by atoms with Crippen LogP contribution in [0.1, 0.15) is 58.8 Å². The lowest BCUT2D eigenvalue weighted by Crippen LogP contribution is -2.19. The molecule has 0 heterocycles. The molecule has 0 rings (SSSR count). The van der Waals surface area contributed by atoms with Crippen molar-refractivity contribution in [2.24, 2.45) is 0 Å². The molecule has 0 bridgehead atoms. The maximum Gasteiger partial charge on any atom is 0.333 e. The second kappa shape index (κ2) is 10.3. The van der Waals surface area contributed by atoms with Crippen molar-refractivity contribution in [2.45, 2.75) is 64.9 Å². The minimum absolute atomic E-state index is 0.146. The molecule has 0 aromatic rings. The summed E-state index contributed by atoms with van der Waals surface area (Å²) in [7, 11) is 0. The predicted molar refractivity (Wildman–Crippen MR) is 68.7 cm³/mol. The summed E-state index contributed by atoms with van der Waals surface area (Å²) < 4.78 is 17.4. The van der Waals surface area contributed by atoms with Gasteiger partial charge in [0.2, 0.25) is 0 Å². The monoisotopic (exact) mass is 244 g/mol. The first-order valence-corrected chi connectivity index (χ1v) is 6.54. The van der Waals surface area contributed by atoms with E-state index in [1.165, 1.54) is 12.8 Å². The van der Waals surface area contributed by atoms with Gasteiger partial charge in [-0.3, -0.25) is 4.39 Å². The van der Waals surface area contributed by atoms with Crippen molar-refractivity contribution in [1.29, 1.82) is 0 Å². The standard InChI is InChI=1S/C14H25FO2/c1-4-5-6-7-9-13(10-8-11-15)17-14(16)12(2)3/h13H,2,4-11H2,1,3H3. The summed E-state index contributed by atoms with van der Waals surface area (Å²) in [5.41, 5.74) is 0.406. The Morgan fingerprint density at radius 2 is 1.88 bits per heavy atom. The van der Waals surface area contributed by atoms with Crippen molar-refractivity contribution in [2.75, 3.05) is 6.67 Å². The first-order valence-electron chi connectivity index (χ1n) is 6.54. The van der Waals surface area contributed by atoms with Gasteiger partial charge in [-0.2, -0.15) is 0 Å². The molecule has 0 aliphatic heterocycles. The van der Waals surface area contributed by atoms with Crippen LogP contribution in [0.3, 0.4) is 0 Å². The summed E-state index contributed by atoms with van der Waals surface area (Å²) in [6.45, 7) is 6.98. The number of esters is 1. The van der Waals surface area contributed by atoms with Gasteiger partial charge in [0.25, 0.3) is 0 Å². The van der Waals surface area contributed by atoms with Crippen molar-refractivity contribution < 1.29 is 13.9 Å². The fraction of sp³-hybridized carbons (Fsp3) is 0.786. The van der Waals surface area contributed by atoms with Crippen LogP contribution in [0, 0.1) is 0 Å². The highest BCUT2D eigenvalue weighted by Crippen LogP contribution is 2.14. The Morgan fingerprint density at radius 3 is 2.41 bits per heavy atom. The normalized spacial score (nSPS) is 12.2. The number of alkyl halides is 1. The van der Waals surface area contributed by atoms with Gasteiger partial charge in [-0.1, -0.05) is 32.8 Å². The van der Waals surface area contributed by atoms with Crippen molar-refractivity contribution in [3.8, 4) is 0 Å². The molecule has 0 saturated carbocycles. The Hall–Kier alpha value is -0.860. The molecule has 0 fully saturated rings. The molecule has 100 valence electrons. The van der Waals surface area contributed by atoms with Gasteiger partial charge in [0.05, 0.1) is 6.67 Å². The zero-order chi connectivity index (χ0) is 13.1. The summed E-state index contributed by atoms with van der Waals surface area (Å²) in [6, 6.07) is 0. The Balaban J connectivity index is 3.95. The number of hydrogen-bond acceptors (Lipinski definition) is 2. The fourth-order valence-electron chi connectivity index (χ4n) is 1.62. The average Bonchev–Trinajstić information content (AvgIpc) is 2.30. The van der Waals surface area contributed by atoms with Gasteiger partial charge >= 0.3 is 5.97 Å². The molecule has 0 radical (unpaired) electrons. The summed E-state index contributed by atoms with van der Waals surface area (Å²) in [4.78, 5) is 11.4. The third-order valence-electron chi connectivity index (χ3n) is 2.66. The van der Waals surface area contributed by atoms with Gasteiger partial charge in [0.15, 0.2) is 0 Å². The number of rotatable bonds is 10. The molecule has 2 nitrogen and oxygen atoms in total. The zero-order valence-electron chi connectivity index (χ0n) is 11.1. The lowest BCUT2D eigenvalue weighted by molar-refractivity contribution is -0.145. The van der Waals surface area contributed by atoms with E-state index in [1.54, 1.807) is 6.92 Å². The van der Waals surface area contributed by atoms with Gasteiger partial charge in [0, 0.05) is 5.57 Å². The summed E-state index contributed by atoms with van der Waals surface area (Å²) >= 11 is 0. The molecule has 17 heavy (non-hydrogen) atoms. The van der Waals surface area contributed by atoms with Gasteiger partial charge in [-0.15, -0.1) is 0 Å². The molecule has 0 aliphatic carbocycles. The highest BCUT2D eigenvalue weighted by Gasteiger charge is 2.14. The predicted octanol–water partition coefficient (Wildman–Crippen LogP) is 4.19. The second-order valence-electron chi connectivity index (χ2n) is 4.49. The molecule has 1 unspecified atom stereocenters. The van der Waals surface area contributed by atoms with E-state index in [9.17, 15) is 9.18 Å². The fourth-order valence-corrected chi connectivity index (χ4v) is 1.62. The van der Waals surface area contributed by atoms with Gasteiger partial charge in [0.1, 0.15) is 6.10 Å². The Morgan fingerprint density at radius 1 is 1.24 bits per heavy atom. The lowest BCUT2D eigenvalue weighted by atomic mass is 10.1. The zero-order valence-corrected chi connectivity index (χ0v) is 11.1. The Kier molecular flexibility index (Phi) is 9.78. The summed E-state index contributed by atoms with van der Waals surface area (Å²) in [6.07, 6.45) is 6.32. The summed E-state index contributed by atoms with van der Waals surface area (Å²) in [5.74, 6) is -0.357. The molecular weight excluding hydrogens is 219 g/mol. The van der Waals surface area contributed by atoms with E-state index in [1.807, 2.05) is 0 Å². The first kappa shape index (κ1) is 16.1. The highest BCUT2D eigenvalue weighted by molar-refractivity contribution is 5.87. The van der Waals surface area contributed by atoms with Crippen LogP contribution in [-0.4, -0.2) is 18.7 Å². The van der Waals surface area contributed by atoms with Crippen LogP contribution >= 0.6 is 0 Å². The van der Waals surface area contributed by atoms with Crippen LogP contribution in [0.2, 0.25) is 0 Å². The maximum atomic E-state index is 12.1. The van der Waals surface area contributed by atoms with Gasteiger partial charge in [-0.25, -0.2) is 4.79 Å². The van der Waals surface area contributed by atoms with E-state index >= 15 is 0 Å². The third kappa shape index (κ3) is 8.90. The quantitative estimate of drug-likeness (QED) is 0.327. The van der Waals surface area contributed by atoms with E-state index in [0.29, 0.717) is 18.4 Å². The first-order chi connectivity index (χ1) is 8.11. The average molecular weight is 244 g/mol. The molecule has 0 aromatic carbocycles. The molecule has 1 atom stereocenters. The van der Waals surface area contributed by atoms with Crippen LogP contribution in [0.25, 0.3) is 0 Å². The van der Waals surface area contributed by atoms with Crippen LogP contribution in [0.5, 0.6) is 0 Å². The second-order valence-corrected chi connectivity index (χ2v) is 4.49.